The Morgan fingerprint density at radius 1 is 1.39 bits per heavy atom. The molecule has 100 valence electrons. The highest BCUT2D eigenvalue weighted by Gasteiger charge is 2.03. The number of nitrogens with one attached hydrogen (secondary N) is 1. The van der Waals surface area contributed by atoms with Gasteiger partial charge in [-0.25, -0.2) is 0 Å². The Labute approximate surface area is 109 Å². The molecule has 0 heterocycles. The fraction of sp³-hybridized carbons (Fsp3) is 0.500. The van der Waals surface area contributed by atoms with E-state index in [4.69, 9.17) is 10.5 Å². The molecule has 0 saturated heterocycles. The lowest BCUT2D eigenvalue weighted by Gasteiger charge is -2.07. The van der Waals surface area contributed by atoms with Crippen LogP contribution in [-0.4, -0.2) is 25.6 Å². The molecule has 1 rings (SSSR count). The van der Waals surface area contributed by atoms with Gasteiger partial charge in [0.05, 0.1) is 7.11 Å². The summed E-state index contributed by atoms with van der Waals surface area (Å²) < 4.78 is 5.08. The molecule has 4 nitrogen and oxygen atoms in total. The van der Waals surface area contributed by atoms with Gasteiger partial charge in [0.1, 0.15) is 5.75 Å². The summed E-state index contributed by atoms with van der Waals surface area (Å²) >= 11 is 0. The van der Waals surface area contributed by atoms with Gasteiger partial charge in [0.2, 0.25) is 5.91 Å². The van der Waals surface area contributed by atoms with Crippen molar-refractivity contribution in [1.82, 2.24) is 5.32 Å². The summed E-state index contributed by atoms with van der Waals surface area (Å²) in [4.78, 5) is 11.5. The molecule has 18 heavy (non-hydrogen) atoms. The molecule has 0 spiro atoms. The average Bonchev–Trinajstić information content (AvgIpc) is 2.37. The van der Waals surface area contributed by atoms with Crippen LogP contribution in [0.25, 0.3) is 0 Å². The number of amides is 1. The monoisotopic (exact) mass is 250 g/mol. The van der Waals surface area contributed by atoms with E-state index in [0.717, 1.165) is 18.6 Å². The third-order valence-corrected chi connectivity index (χ3v) is 2.72. The summed E-state index contributed by atoms with van der Waals surface area (Å²) in [6.07, 6.45) is 2.06. The SMILES string of the molecule is COc1ccc(CCNC(=O)CCC(C)N)cc1. The molecular formula is C14H22N2O2. The lowest BCUT2D eigenvalue weighted by Crippen LogP contribution is -2.27. The highest BCUT2D eigenvalue weighted by molar-refractivity contribution is 5.75. The Bertz CT molecular complexity index is 361. The summed E-state index contributed by atoms with van der Waals surface area (Å²) in [5, 5.41) is 2.89. The predicted octanol–water partition coefficient (Wildman–Crippen LogP) is 1.48. The van der Waals surface area contributed by atoms with Gasteiger partial charge in [-0.1, -0.05) is 12.1 Å². The number of ether oxygens (including phenoxy) is 1. The highest BCUT2D eigenvalue weighted by Crippen LogP contribution is 2.11. The van der Waals surface area contributed by atoms with Crippen LogP contribution in [0.2, 0.25) is 0 Å². The predicted molar refractivity (Wildman–Crippen MR) is 72.6 cm³/mol. The van der Waals surface area contributed by atoms with Crippen molar-refractivity contribution in [2.24, 2.45) is 5.73 Å². The molecule has 0 aliphatic heterocycles. The molecule has 3 N–H and O–H groups in total. The maximum Gasteiger partial charge on any atom is 0.220 e. The van der Waals surface area contributed by atoms with E-state index in [2.05, 4.69) is 5.32 Å². The Kier molecular flexibility index (Phi) is 6.22. The minimum Gasteiger partial charge on any atom is -0.497 e. The minimum atomic E-state index is 0.0702. The number of hydrogen-bond acceptors (Lipinski definition) is 3. The van der Waals surface area contributed by atoms with Crippen LogP contribution in [0.15, 0.2) is 24.3 Å². The lowest BCUT2D eigenvalue weighted by molar-refractivity contribution is -0.121. The van der Waals surface area contributed by atoms with E-state index >= 15 is 0 Å². The van der Waals surface area contributed by atoms with Gasteiger partial charge >= 0.3 is 0 Å². The number of benzene rings is 1. The fourth-order valence-electron chi connectivity index (χ4n) is 1.59. The van der Waals surface area contributed by atoms with Gasteiger partial charge in [-0.15, -0.1) is 0 Å². The first-order valence-electron chi connectivity index (χ1n) is 6.27. The molecule has 0 radical (unpaired) electrons. The molecule has 0 bridgehead atoms. The summed E-state index contributed by atoms with van der Waals surface area (Å²) in [6.45, 7) is 2.56. The molecular weight excluding hydrogens is 228 g/mol. The van der Waals surface area contributed by atoms with Crippen LogP contribution in [0, 0.1) is 0 Å². The second-order valence-electron chi connectivity index (χ2n) is 4.46. The number of rotatable bonds is 7. The van der Waals surface area contributed by atoms with Crippen molar-refractivity contribution in [3.8, 4) is 5.75 Å². The van der Waals surface area contributed by atoms with Crippen molar-refractivity contribution < 1.29 is 9.53 Å². The quantitative estimate of drug-likeness (QED) is 0.770. The smallest absolute Gasteiger partial charge is 0.220 e. The third kappa shape index (κ3) is 5.68. The Hall–Kier alpha value is -1.55. The van der Waals surface area contributed by atoms with E-state index in [0.29, 0.717) is 13.0 Å². The van der Waals surface area contributed by atoms with Gasteiger partial charge in [-0.05, 0) is 37.5 Å². The first-order chi connectivity index (χ1) is 8.61. The van der Waals surface area contributed by atoms with E-state index in [1.165, 1.54) is 5.56 Å². The second kappa shape index (κ2) is 7.71. The highest BCUT2D eigenvalue weighted by atomic mass is 16.5. The van der Waals surface area contributed by atoms with Crippen LogP contribution in [-0.2, 0) is 11.2 Å². The van der Waals surface area contributed by atoms with Crippen LogP contribution in [0.1, 0.15) is 25.3 Å². The number of carbonyl (C=O) groups is 1. The van der Waals surface area contributed by atoms with Gasteiger partial charge in [0, 0.05) is 19.0 Å². The molecule has 1 amide bonds. The van der Waals surface area contributed by atoms with E-state index < -0.39 is 0 Å². The molecule has 0 fully saturated rings. The Morgan fingerprint density at radius 3 is 2.61 bits per heavy atom. The maximum absolute atomic E-state index is 11.5. The van der Waals surface area contributed by atoms with E-state index in [1.807, 2.05) is 31.2 Å². The average molecular weight is 250 g/mol. The van der Waals surface area contributed by atoms with Gasteiger partial charge in [0.15, 0.2) is 0 Å². The second-order valence-corrected chi connectivity index (χ2v) is 4.46. The summed E-state index contributed by atoms with van der Waals surface area (Å²) in [5.41, 5.74) is 6.78. The molecule has 1 atom stereocenters. The molecule has 4 heteroatoms. The zero-order valence-corrected chi connectivity index (χ0v) is 11.1. The number of carbonyl (C=O) groups excluding carboxylic acids is 1. The van der Waals surface area contributed by atoms with Gasteiger partial charge in [-0.3, -0.25) is 4.79 Å². The first kappa shape index (κ1) is 14.5. The van der Waals surface area contributed by atoms with E-state index in [9.17, 15) is 4.79 Å². The van der Waals surface area contributed by atoms with E-state index in [-0.39, 0.29) is 11.9 Å². The lowest BCUT2D eigenvalue weighted by atomic mass is 10.1. The zero-order chi connectivity index (χ0) is 13.4. The number of methoxy groups -OCH3 is 1. The molecule has 0 aromatic heterocycles. The van der Waals surface area contributed by atoms with E-state index in [1.54, 1.807) is 7.11 Å². The summed E-state index contributed by atoms with van der Waals surface area (Å²) in [7, 11) is 1.65. The van der Waals surface area contributed by atoms with Crippen molar-refractivity contribution in [2.75, 3.05) is 13.7 Å². The fourth-order valence-corrected chi connectivity index (χ4v) is 1.59. The maximum atomic E-state index is 11.5. The van der Waals surface area contributed by atoms with Crippen molar-refractivity contribution in [3.63, 3.8) is 0 Å². The van der Waals surface area contributed by atoms with Crippen molar-refractivity contribution >= 4 is 5.91 Å². The van der Waals surface area contributed by atoms with Crippen LogP contribution < -0.4 is 15.8 Å². The van der Waals surface area contributed by atoms with Crippen molar-refractivity contribution in [3.05, 3.63) is 29.8 Å². The third-order valence-electron chi connectivity index (χ3n) is 2.72. The van der Waals surface area contributed by atoms with Crippen LogP contribution in [0.5, 0.6) is 5.75 Å². The summed E-state index contributed by atoms with van der Waals surface area (Å²) in [6, 6.07) is 7.94. The standard InChI is InChI=1S/C14H22N2O2/c1-11(15)3-8-14(17)16-10-9-12-4-6-13(18-2)7-5-12/h4-7,11H,3,8-10,15H2,1-2H3,(H,16,17). The van der Waals surface area contributed by atoms with Gasteiger partial charge in [0.25, 0.3) is 0 Å². The van der Waals surface area contributed by atoms with Crippen molar-refractivity contribution in [2.45, 2.75) is 32.2 Å². The Balaban J connectivity index is 2.22. The largest absolute Gasteiger partial charge is 0.497 e. The summed E-state index contributed by atoms with van der Waals surface area (Å²) in [5.74, 6) is 0.917. The molecule has 0 aliphatic rings. The number of hydrogen-bond donors (Lipinski definition) is 2. The topological polar surface area (TPSA) is 64.3 Å². The van der Waals surface area contributed by atoms with Gasteiger partial charge in [-0.2, -0.15) is 0 Å². The molecule has 1 aromatic carbocycles. The zero-order valence-electron chi connectivity index (χ0n) is 11.1. The Morgan fingerprint density at radius 2 is 2.06 bits per heavy atom. The van der Waals surface area contributed by atoms with Gasteiger partial charge < -0.3 is 15.8 Å². The molecule has 1 unspecified atom stereocenters. The van der Waals surface area contributed by atoms with Crippen molar-refractivity contribution in [1.29, 1.82) is 0 Å². The molecule has 0 saturated carbocycles. The minimum absolute atomic E-state index is 0.0702. The molecule has 1 aromatic rings. The normalized spacial score (nSPS) is 11.9. The first-order valence-corrected chi connectivity index (χ1v) is 6.27. The van der Waals surface area contributed by atoms with Crippen LogP contribution >= 0.6 is 0 Å². The van der Waals surface area contributed by atoms with Crippen LogP contribution in [0.3, 0.4) is 0 Å². The molecule has 0 aliphatic carbocycles. The number of nitrogens with two attached hydrogens (primary N) is 1. The van der Waals surface area contributed by atoms with Crippen LogP contribution in [0.4, 0.5) is 0 Å².